The van der Waals surface area contributed by atoms with Crippen molar-refractivity contribution in [1.82, 2.24) is 5.32 Å². The SMILES string of the molecule is COCC(CO)NCc1ccc(I)o1. The van der Waals surface area contributed by atoms with Gasteiger partial charge in [0.25, 0.3) is 0 Å². The molecule has 1 aromatic heterocycles. The third-order valence-electron chi connectivity index (χ3n) is 1.78. The van der Waals surface area contributed by atoms with E-state index >= 15 is 0 Å². The molecule has 0 spiro atoms. The molecule has 1 aromatic rings. The summed E-state index contributed by atoms with van der Waals surface area (Å²) in [4.78, 5) is 0. The van der Waals surface area contributed by atoms with Crippen LogP contribution in [-0.4, -0.2) is 31.5 Å². The van der Waals surface area contributed by atoms with Crippen molar-refractivity contribution in [2.24, 2.45) is 0 Å². The van der Waals surface area contributed by atoms with Crippen LogP contribution in [0.5, 0.6) is 0 Å². The third-order valence-corrected chi connectivity index (χ3v) is 2.36. The number of ether oxygens (including phenoxy) is 1. The summed E-state index contributed by atoms with van der Waals surface area (Å²) in [5.41, 5.74) is 0. The van der Waals surface area contributed by atoms with Crippen molar-refractivity contribution in [2.75, 3.05) is 20.3 Å². The van der Waals surface area contributed by atoms with E-state index in [-0.39, 0.29) is 12.6 Å². The highest BCUT2D eigenvalue weighted by atomic mass is 127. The Morgan fingerprint density at radius 2 is 2.43 bits per heavy atom. The smallest absolute Gasteiger partial charge is 0.164 e. The van der Waals surface area contributed by atoms with Gasteiger partial charge in [0, 0.05) is 7.11 Å². The van der Waals surface area contributed by atoms with Crippen LogP contribution in [0.3, 0.4) is 0 Å². The van der Waals surface area contributed by atoms with Crippen LogP contribution in [0, 0.1) is 3.77 Å². The van der Waals surface area contributed by atoms with E-state index in [4.69, 9.17) is 14.3 Å². The fourth-order valence-corrected chi connectivity index (χ4v) is 1.53. The number of methoxy groups -OCH3 is 1. The van der Waals surface area contributed by atoms with Gasteiger partial charge in [0.05, 0.1) is 25.8 Å². The molecule has 0 aliphatic heterocycles. The molecule has 0 amide bonds. The lowest BCUT2D eigenvalue weighted by Gasteiger charge is -2.13. The molecule has 1 unspecified atom stereocenters. The maximum Gasteiger partial charge on any atom is 0.164 e. The number of aliphatic hydroxyl groups excluding tert-OH is 1. The van der Waals surface area contributed by atoms with Crippen molar-refractivity contribution >= 4 is 22.6 Å². The molecule has 0 aliphatic rings. The monoisotopic (exact) mass is 311 g/mol. The van der Waals surface area contributed by atoms with Crippen LogP contribution >= 0.6 is 22.6 Å². The van der Waals surface area contributed by atoms with Crippen molar-refractivity contribution in [3.05, 3.63) is 21.7 Å². The molecule has 0 aliphatic carbocycles. The Hall–Kier alpha value is -0.110. The Bertz CT molecular complexity index is 264. The van der Waals surface area contributed by atoms with Crippen LogP contribution in [0.15, 0.2) is 16.5 Å². The number of halogens is 1. The van der Waals surface area contributed by atoms with Gasteiger partial charge in [-0.05, 0) is 34.7 Å². The van der Waals surface area contributed by atoms with E-state index in [0.717, 1.165) is 9.53 Å². The number of furan rings is 1. The molecule has 0 saturated carbocycles. The number of nitrogens with one attached hydrogen (secondary N) is 1. The molecule has 2 N–H and O–H groups in total. The quantitative estimate of drug-likeness (QED) is 0.769. The molecule has 0 bridgehead atoms. The minimum Gasteiger partial charge on any atom is -0.454 e. The van der Waals surface area contributed by atoms with E-state index in [2.05, 4.69) is 27.9 Å². The lowest BCUT2D eigenvalue weighted by molar-refractivity contribution is 0.127. The molecular formula is C9H14INO3. The highest BCUT2D eigenvalue weighted by Gasteiger charge is 2.07. The van der Waals surface area contributed by atoms with Gasteiger partial charge >= 0.3 is 0 Å². The second-order valence-corrected chi connectivity index (χ2v) is 3.98. The first kappa shape index (κ1) is 12.0. The summed E-state index contributed by atoms with van der Waals surface area (Å²) in [6.45, 7) is 1.16. The maximum atomic E-state index is 8.97. The normalized spacial score (nSPS) is 13.1. The van der Waals surface area contributed by atoms with Gasteiger partial charge in [0.1, 0.15) is 5.76 Å². The van der Waals surface area contributed by atoms with Crippen LogP contribution in [0.4, 0.5) is 0 Å². The summed E-state index contributed by atoms with van der Waals surface area (Å²) in [6.07, 6.45) is 0. The van der Waals surface area contributed by atoms with Gasteiger partial charge in [-0.2, -0.15) is 0 Å². The minimum atomic E-state index is -0.0391. The van der Waals surface area contributed by atoms with Crippen molar-refractivity contribution < 1.29 is 14.3 Å². The van der Waals surface area contributed by atoms with E-state index in [9.17, 15) is 0 Å². The maximum absolute atomic E-state index is 8.97. The molecular weight excluding hydrogens is 297 g/mol. The predicted molar refractivity (Wildman–Crippen MR) is 61.0 cm³/mol. The Balaban J connectivity index is 2.31. The average molecular weight is 311 g/mol. The molecule has 1 rings (SSSR count). The summed E-state index contributed by atoms with van der Waals surface area (Å²) in [5.74, 6) is 0.865. The van der Waals surface area contributed by atoms with Crippen LogP contribution in [0.1, 0.15) is 5.76 Å². The zero-order valence-corrected chi connectivity index (χ0v) is 10.2. The summed E-state index contributed by atoms with van der Waals surface area (Å²) in [6, 6.07) is 3.78. The molecule has 0 saturated heterocycles. The van der Waals surface area contributed by atoms with E-state index < -0.39 is 0 Å². The summed E-state index contributed by atoms with van der Waals surface area (Å²) in [7, 11) is 1.61. The summed E-state index contributed by atoms with van der Waals surface area (Å²) in [5, 5.41) is 12.1. The second-order valence-electron chi connectivity index (χ2n) is 2.92. The molecule has 1 atom stereocenters. The zero-order valence-electron chi connectivity index (χ0n) is 8.00. The van der Waals surface area contributed by atoms with E-state index in [1.807, 2.05) is 12.1 Å². The standard InChI is InChI=1S/C9H14INO3/c1-13-6-7(5-12)11-4-8-2-3-9(10)14-8/h2-3,7,11-12H,4-6H2,1H3. The van der Waals surface area contributed by atoms with Crippen LogP contribution < -0.4 is 5.32 Å². The molecule has 0 fully saturated rings. The molecule has 0 radical (unpaired) electrons. The van der Waals surface area contributed by atoms with Gasteiger partial charge < -0.3 is 19.6 Å². The summed E-state index contributed by atoms with van der Waals surface area (Å²) < 4.78 is 11.2. The van der Waals surface area contributed by atoms with Gasteiger partial charge in [-0.1, -0.05) is 0 Å². The van der Waals surface area contributed by atoms with Crippen LogP contribution in [0.25, 0.3) is 0 Å². The average Bonchev–Trinajstić information content (AvgIpc) is 2.59. The van der Waals surface area contributed by atoms with Crippen molar-refractivity contribution in [2.45, 2.75) is 12.6 Å². The Morgan fingerprint density at radius 1 is 1.64 bits per heavy atom. The number of hydrogen-bond donors (Lipinski definition) is 2. The predicted octanol–water partition coefficient (Wildman–Crippen LogP) is 0.981. The summed E-state index contributed by atoms with van der Waals surface area (Å²) >= 11 is 2.12. The van der Waals surface area contributed by atoms with Crippen molar-refractivity contribution in [3.63, 3.8) is 0 Å². The van der Waals surface area contributed by atoms with Gasteiger partial charge in [-0.3, -0.25) is 0 Å². The number of rotatable bonds is 6. The van der Waals surface area contributed by atoms with Crippen LogP contribution in [-0.2, 0) is 11.3 Å². The zero-order chi connectivity index (χ0) is 10.4. The molecule has 4 nitrogen and oxygen atoms in total. The lowest BCUT2D eigenvalue weighted by Crippen LogP contribution is -2.35. The second kappa shape index (κ2) is 6.39. The van der Waals surface area contributed by atoms with Gasteiger partial charge in [-0.25, -0.2) is 0 Å². The van der Waals surface area contributed by atoms with Gasteiger partial charge in [0.15, 0.2) is 3.77 Å². The van der Waals surface area contributed by atoms with E-state index in [1.54, 1.807) is 7.11 Å². The topological polar surface area (TPSA) is 54.6 Å². The first-order valence-electron chi connectivity index (χ1n) is 4.33. The van der Waals surface area contributed by atoms with Gasteiger partial charge in [-0.15, -0.1) is 0 Å². The third kappa shape index (κ3) is 3.95. The molecule has 1 heterocycles. The molecule has 5 heteroatoms. The highest BCUT2D eigenvalue weighted by molar-refractivity contribution is 14.1. The van der Waals surface area contributed by atoms with Crippen molar-refractivity contribution in [3.8, 4) is 0 Å². The molecule has 0 aromatic carbocycles. The minimum absolute atomic E-state index is 0.0391. The Kier molecular flexibility index (Phi) is 5.46. The molecule has 14 heavy (non-hydrogen) atoms. The number of hydrogen-bond acceptors (Lipinski definition) is 4. The Morgan fingerprint density at radius 3 is 2.93 bits per heavy atom. The van der Waals surface area contributed by atoms with E-state index in [1.165, 1.54) is 0 Å². The fourth-order valence-electron chi connectivity index (χ4n) is 1.07. The lowest BCUT2D eigenvalue weighted by atomic mass is 10.3. The van der Waals surface area contributed by atoms with E-state index in [0.29, 0.717) is 13.2 Å². The van der Waals surface area contributed by atoms with Crippen LogP contribution in [0.2, 0.25) is 0 Å². The number of aliphatic hydroxyl groups is 1. The highest BCUT2D eigenvalue weighted by Crippen LogP contribution is 2.09. The molecule has 80 valence electrons. The first-order valence-corrected chi connectivity index (χ1v) is 5.41. The first-order chi connectivity index (χ1) is 6.76. The fraction of sp³-hybridized carbons (Fsp3) is 0.556. The largest absolute Gasteiger partial charge is 0.454 e. The Labute approximate surface area is 96.8 Å². The van der Waals surface area contributed by atoms with Crippen molar-refractivity contribution in [1.29, 1.82) is 0 Å². The van der Waals surface area contributed by atoms with Gasteiger partial charge in [0.2, 0.25) is 0 Å².